The van der Waals surface area contributed by atoms with Gasteiger partial charge in [-0.15, -0.1) is 5.21 Å². The Labute approximate surface area is 99.1 Å². The molecule has 2 N–H and O–H groups in total. The fourth-order valence-electron chi connectivity index (χ4n) is 2.19. The highest BCUT2D eigenvalue weighted by molar-refractivity contribution is 7.97. The summed E-state index contributed by atoms with van der Waals surface area (Å²) in [5.74, 6) is 0. The lowest BCUT2D eigenvalue weighted by Crippen LogP contribution is -2.56. The third kappa shape index (κ3) is 1.80. The van der Waals surface area contributed by atoms with Gasteiger partial charge in [-0.2, -0.15) is 5.06 Å². The van der Waals surface area contributed by atoms with Crippen molar-refractivity contribution in [3.8, 4) is 0 Å². The van der Waals surface area contributed by atoms with Gasteiger partial charge >= 0.3 is 0 Å². The van der Waals surface area contributed by atoms with E-state index in [1.54, 1.807) is 11.9 Å². The Hall–Kier alpha value is -0.750. The lowest BCUT2D eigenvalue weighted by atomic mass is 9.98. The molecule has 2 aliphatic rings. The second kappa shape index (κ2) is 3.92. The van der Waals surface area contributed by atoms with E-state index in [0.29, 0.717) is 13.1 Å². The summed E-state index contributed by atoms with van der Waals surface area (Å²) in [5.41, 5.74) is 1.07. The van der Waals surface area contributed by atoms with Gasteiger partial charge in [-0.05, 0) is 36.9 Å². The minimum atomic E-state index is -0.0973. The van der Waals surface area contributed by atoms with E-state index >= 15 is 0 Å². The molecule has 1 radical (unpaired) electrons. The number of nitrogens with zero attached hydrogens (tertiary/aromatic N) is 1. The van der Waals surface area contributed by atoms with Crippen molar-refractivity contribution in [1.82, 2.24) is 9.79 Å². The Bertz CT molecular complexity index is 391. The molecule has 2 aliphatic heterocycles. The molecule has 4 nitrogen and oxygen atoms in total. The number of rotatable bonds is 0. The van der Waals surface area contributed by atoms with Gasteiger partial charge in [0.15, 0.2) is 0 Å². The fraction of sp³-hybridized carbons (Fsp3) is 0.455. The van der Waals surface area contributed by atoms with Gasteiger partial charge in [0.25, 0.3) is 0 Å². The third-order valence-corrected chi connectivity index (χ3v) is 4.26. The van der Waals surface area contributed by atoms with E-state index < -0.39 is 0 Å². The molecule has 85 valence electrons. The van der Waals surface area contributed by atoms with Crippen molar-refractivity contribution in [2.75, 3.05) is 18.4 Å². The van der Waals surface area contributed by atoms with Crippen LogP contribution in [-0.2, 0) is 5.21 Å². The minimum absolute atomic E-state index is 0.0973. The molecule has 0 atom stereocenters. The van der Waals surface area contributed by atoms with Gasteiger partial charge in [0.1, 0.15) is 5.66 Å². The highest BCUT2D eigenvalue weighted by Gasteiger charge is 2.37. The predicted molar refractivity (Wildman–Crippen MR) is 63.3 cm³/mol. The Kier molecular flexibility index (Phi) is 2.55. The molecule has 1 saturated heterocycles. The van der Waals surface area contributed by atoms with Crippen LogP contribution in [0.25, 0.3) is 0 Å². The summed E-state index contributed by atoms with van der Waals surface area (Å²) in [7, 11) is 0. The molecule has 3 rings (SSSR count). The number of anilines is 1. The van der Waals surface area contributed by atoms with Crippen molar-refractivity contribution in [2.45, 2.75) is 23.4 Å². The molecule has 0 bridgehead atoms. The molecule has 0 amide bonds. The predicted octanol–water partition coefficient (Wildman–Crippen LogP) is 1.85. The summed E-state index contributed by atoms with van der Waals surface area (Å²) in [6, 6.07) is 8.26. The molecule has 1 fully saturated rings. The zero-order valence-electron chi connectivity index (χ0n) is 8.90. The number of nitrogens with one attached hydrogen (secondary N) is 2. The molecule has 1 aromatic carbocycles. The van der Waals surface area contributed by atoms with E-state index in [0.717, 1.165) is 17.9 Å². The first kappa shape index (κ1) is 10.4. The fourth-order valence-corrected chi connectivity index (χ4v) is 3.13. The SMILES string of the molecule is [O]N1CCC2(CC1)NSc1ccccc1N2. The van der Waals surface area contributed by atoms with Crippen molar-refractivity contribution in [3.05, 3.63) is 24.3 Å². The Morgan fingerprint density at radius 2 is 2.00 bits per heavy atom. The summed E-state index contributed by atoms with van der Waals surface area (Å²) < 4.78 is 3.45. The molecule has 1 spiro atoms. The van der Waals surface area contributed by atoms with E-state index in [-0.39, 0.29) is 5.66 Å². The van der Waals surface area contributed by atoms with Gasteiger partial charge in [0, 0.05) is 18.0 Å². The summed E-state index contributed by atoms with van der Waals surface area (Å²) in [6.07, 6.45) is 1.69. The van der Waals surface area contributed by atoms with E-state index in [9.17, 15) is 5.21 Å². The molecule has 0 aliphatic carbocycles. The van der Waals surface area contributed by atoms with Crippen LogP contribution in [-0.4, -0.2) is 23.8 Å². The van der Waals surface area contributed by atoms with Gasteiger partial charge in [0.2, 0.25) is 0 Å². The summed E-state index contributed by atoms with van der Waals surface area (Å²) in [5, 5.41) is 15.9. The summed E-state index contributed by atoms with van der Waals surface area (Å²) in [4.78, 5) is 1.22. The van der Waals surface area contributed by atoms with Crippen molar-refractivity contribution in [2.24, 2.45) is 0 Å². The molecular weight excluding hydrogens is 222 g/mol. The minimum Gasteiger partial charge on any atom is -0.366 e. The zero-order valence-corrected chi connectivity index (χ0v) is 9.72. The summed E-state index contributed by atoms with van der Waals surface area (Å²) in [6.45, 7) is 1.20. The van der Waals surface area contributed by atoms with Gasteiger partial charge in [-0.3, -0.25) is 0 Å². The van der Waals surface area contributed by atoms with Crippen LogP contribution >= 0.6 is 11.9 Å². The number of hydrogen-bond donors (Lipinski definition) is 2. The highest BCUT2D eigenvalue weighted by atomic mass is 32.2. The van der Waals surface area contributed by atoms with Crippen LogP contribution < -0.4 is 10.0 Å². The van der Waals surface area contributed by atoms with Crippen LogP contribution in [0, 0.1) is 0 Å². The van der Waals surface area contributed by atoms with E-state index in [1.165, 1.54) is 10.6 Å². The van der Waals surface area contributed by atoms with Gasteiger partial charge < -0.3 is 5.32 Å². The number of piperidine rings is 1. The molecule has 0 aromatic heterocycles. The Morgan fingerprint density at radius 1 is 1.25 bits per heavy atom. The Balaban J connectivity index is 1.82. The molecule has 5 heteroatoms. The second-order valence-electron chi connectivity index (χ2n) is 4.34. The smallest absolute Gasteiger partial charge is 0.100 e. The van der Waals surface area contributed by atoms with Crippen LogP contribution in [0.5, 0.6) is 0 Å². The van der Waals surface area contributed by atoms with E-state index in [1.807, 2.05) is 12.1 Å². The quantitative estimate of drug-likeness (QED) is 0.675. The van der Waals surface area contributed by atoms with Gasteiger partial charge in [0.05, 0.1) is 5.69 Å². The monoisotopic (exact) mass is 236 g/mol. The van der Waals surface area contributed by atoms with Crippen LogP contribution in [0.4, 0.5) is 5.69 Å². The van der Waals surface area contributed by atoms with Crippen LogP contribution in [0.15, 0.2) is 29.2 Å². The molecule has 16 heavy (non-hydrogen) atoms. The first-order valence-electron chi connectivity index (χ1n) is 5.51. The van der Waals surface area contributed by atoms with Crippen LogP contribution in [0.2, 0.25) is 0 Å². The number of para-hydroxylation sites is 1. The van der Waals surface area contributed by atoms with Crippen molar-refractivity contribution < 1.29 is 5.21 Å². The maximum Gasteiger partial charge on any atom is 0.100 e. The standard InChI is InChI=1S/C11H14N3OS/c15-14-7-5-11(6-8-14)12-9-3-1-2-4-10(9)16-13-11/h1-4,12-13H,5-8H2. The first-order valence-corrected chi connectivity index (χ1v) is 6.32. The summed E-state index contributed by atoms with van der Waals surface area (Å²) >= 11 is 1.66. The topological polar surface area (TPSA) is 47.2 Å². The molecule has 1 aromatic rings. The highest BCUT2D eigenvalue weighted by Crippen LogP contribution is 2.37. The maximum absolute atomic E-state index is 11.2. The van der Waals surface area contributed by atoms with Crippen molar-refractivity contribution >= 4 is 17.6 Å². The molecule has 0 saturated carbocycles. The largest absolute Gasteiger partial charge is 0.366 e. The van der Waals surface area contributed by atoms with Crippen LogP contribution in [0.1, 0.15) is 12.8 Å². The molecule has 0 unspecified atom stereocenters. The average Bonchev–Trinajstić information content (AvgIpc) is 2.33. The lowest BCUT2D eigenvalue weighted by Gasteiger charge is -2.43. The van der Waals surface area contributed by atoms with Crippen LogP contribution in [0.3, 0.4) is 0 Å². The van der Waals surface area contributed by atoms with E-state index in [4.69, 9.17) is 0 Å². The normalized spacial score (nSPS) is 23.8. The van der Waals surface area contributed by atoms with Gasteiger partial charge in [-0.25, -0.2) is 4.72 Å². The number of benzene rings is 1. The van der Waals surface area contributed by atoms with E-state index in [2.05, 4.69) is 22.2 Å². The third-order valence-electron chi connectivity index (χ3n) is 3.19. The van der Waals surface area contributed by atoms with Crippen molar-refractivity contribution in [3.63, 3.8) is 0 Å². The number of hydroxylamine groups is 2. The molecule has 2 heterocycles. The lowest BCUT2D eigenvalue weighted by molar-refractivity contribution is -0.174. The number of fused-ring (bicyclic) bond motifs is 1. The van der Waals surface area contributed by atoms with Gasteiger partial charge in [-0.1, -0.05) is 12.1 Å². The number of hydrogen-bond acceptors (Lipinski definition) is 4. The van der Waals surface area contributed by atoms with Crippen molar-refractivity contribution in [1.29, 1.82) is 0 Å². The molecular formula is C11H14N3OS. The Morgan fingerprint density at radius 3 is 2.81 bits per heavy atom. The maximum atomic E-state index is 11.2. The first-order chi connectivity index (χ1) is 7.77. The average molecular weight is 236 g/mol. The second-order valence-corrected chi connectivity index (χ2v) is 5.18. The zero-order chi connectivity index (χ0) is 11.0.